The summed E-state index contributed by atoms with van der Waals surface area (Å²) in [6.07, 6.45) is 0. The van der Waals surface area contributed by atoms with E-state index in [0.29, 0.717) is 17.6 Å². The molecule has 0 atom stereocenters. The van der Waals surface area contributed by atoms with Gasteiger partial charge in [-0.25, -0.2) is 15.0 Å². The molecule has 134 valence electrons. The van der Waals surface area contributed by atoms with Crippen LogP contribution >= 0.6 is 0 Å². The first-order valence-electron chi connectivity index (χ1n) is 8.69. The number of benzene rings is 2. The Bertz CT molecular complexity index is 1210. The number of fused-ring (bicyclic) bond motifs is 1. The Morgan fingerprint density at radius 2 is 1.67 bits per heavy atom. The molecule has 0 radical (unpaired) electrons. The molecule has 27 heavy (non-hydrogen) atoms. The van der Waals surface area contributed by atoms with E-state index in [9.17, 15) is 4.79 Å². The van der Waals surface area contributed by atoms with Crippen LogP contribution in [0, 0.1) is 20.8 Å². The molecule has 4 aromatic rings. The van der Waals surface area contributed by atoms with Gasteiger partial charge >= 0.3 is 0 Å². The van der Waals surface area contributed by atoms with Gasteiger partial charge in [0.2, 0.25) is 11.9 Å². The summed E-state index contributed by atoms with van der Waals surface area (Å²) in [5.74, 6) is 0.715. The van der Waals surface area contributed by atoms with Gasteiger partial charge in [-0.1, -0.05) is 42.5 Å². The predicted octanol–water partition coefficient (Wildman–Crippen LogP) is 4.05. The van der Waals surface area contributed by atoms with Crippen molar-refractivity contribution in [3.05, 3.63) is 75.7 Å². The molecule has 6 heteroatoms. The predicted molar refractivity (Wildman–Crippen MR) is 107 cm³/mol. The zero-order valence-electron chi connectivity index (χ0n) is 15.4. The Hall–Kier alpha value is -3.54. The van der Waals surface area contributed by atoms with Gasteiger partial charge in [0.05, 0.1) is 16.9 Å². The Kier molecular flexibility index (Phi) is 4.16. The third-order valence-corrected chi connectivity index (χ3v) is 4.51. The van der Waals surface area contributed by atoms with E-state index in [1.807, 2.05) is 63.2 Å². The highest BCUT2D eigenvalue weighted by Gasteiger charge is 2.10. The topological polar surface area (TPSA) is 83.6 Å². The lowest BCUT2D eigenvalue weighted by molar-refractivity contribution is 1.08. The number of anilines is 2. The van der Waals surface area contributed by atoms with Crippen molar-refractivity contribution in [2.24, 2.45) is 0 Å². The minimum absolute atomic E-state index is 0.237. The molecule has 0 fully saturated rings. The fourth-order valence-corrected chi connectivity index (χ4v) is 3.13. The Morgan fingerprint density at radius 3 is 2.48 bits per heavy atom. The van der Waals surface area contributed by atoms with Gasteiger partial charge in [0.25, 0.3) is 5.56 Å². The molecule has 0 unspecified atom stereocenters. The molecule has 0 spiro atoms. The van der Waals surface area contributed by atoms with E-state index in [1.165, 1.54) is 6.07 Å². The molecule has 4 rings (SSSR count). The highest BCUT2D eigenvalue weighted by molar-refractivity contribution is 5.84. The number of nitrogens with one attached hydrogen (secondary N) is 2. The van der Waals surface area contributed by atoms with Gasteiger partial charge in [0.15, 0.2) is 0 Å². The summed E-state index contributed by atoms with van der Waals surface area (Å²) in [6.45, 7) is 5.94. The summed E-state index contributed by atoms with van der Waals surface area (Å²) in [4.78, 5) is 28.5. The molecule has 2 aromatic carbocycles. The molecule has 2 aromatic heterocycles. The van der Waals surface area contributed by atoms with Crippen LogP contribution in [0.25, 0.3) is 22.2 Å². The van der Waals surface area contributed by atoms with Crippen LogP contribution in [0.1, 0.15) is 16.8 Å². The number of rotatable bonds is 3. The van der Waals surface area contributed by atoms with E-state index >= 15 is 0 Å². The number of aryl methyl sites for hydroxylation is 3. The van der Waals surface area contributed by atoms with Gasteiger partial charge in [-0.2, -0.15) is 0 Å². The van der Waals surface area contributed by atoms with Crippen molar-refractivity contribution in [2.75, 3.05) is 5.32 Å². The van der Waals surface area contributed by atoms with Gasteiger partial charge < -0.3 is 0 Å². The largest absolute Gasteiger partial charge is 0.294 e. The second-order valence-corrected chi connectivity index (χ2v) is 6.52. The lowest BCUT2D eigenvalue weighted by Gasteiger charge is -2.10. The highest BCUT2D eigenvalue weighted by atomic mass is 16.1. The maximum atomic E-state index is 12.1. The van der Waals surface area contributed by atoms with Crippen molar-refractivity contribution in [3.8, 4) is 11.3 Å². The van der Waals surface area contributed by atoms with Crippen LogP contribution in [0.3, 0.4) is 0 Å². The first-order valence-corrected chi connectivity index (χ1v) is 8.69. The van der Waals surface area contributed by atoms with Crippen molar-refractivity contribution in [3.63, 3.8) is 0 Å². The normalized spacial score (nSPS) is 10.9. The molecule has 0 aliphatic heterocycles. The lowest BCUT2D eigenvalue weighted by atomic mass is 10.1. The first kappa shape index (κ1) is 16.9. The summed E-state index contributed by atoms with van der Waals surface area (Å²) < 4.78 is 0. The van der Waals surface area contributed by atoms with Crippen LogP contribution in [-0.2, 0) is 0 Å². The summed E-state index contributed by atoms with van der Waals surface area (Å²) in [7, 11) is 0. The van der Waals surface area contributed by atoms with Crippen LogP contribution in [0.2, 0.25) is 0 Å². The molecule has 0 aliphatic carbocycles. The molecule has 0 saturated heterocycles. The number of nitrogens with zero attached hydrogens (tertiary/aromatic N) is 3. The van der Waals surface area contributed by atoms with Crippen LogP contribution in [0.4, 0.5) is 11.9 Å². The molecule has 0 amide bonds. The van der Waals surface area contributed by atoms with E-state index in [1.54, 1.807) is 0 Å². The molecular weight excluding hydrogens is 338 g/mol. The molecule has 2 N–H and O–H groups in total. The maximum absolute atomic E-state index is 12.1. The standard InChI is InChI=1S/C21H19N5O/c1-12-7-4-5-9-15(12)17-11-18(27)24-21(23-17)26-20-22-14(3)16-10-6-8-13(2)19(16)25-20/h4-11H,1-3H3,(H2,22,23,24,25,26,27). The quantitative estimate of drug-likeness (QED) is 0.578. The van der Waals surface area contributed by atoms with Crippen LogP contribution in [-0.4, -0.2) is 19.9 Å². The monoisotopic (exact) mass is 357 g/mol. The third kappa shape index (κ3) is 3.29. The van der Waals surface area contributed by atoms with Gasteiger partial charge in [-0.15, -0.1) is 0 Å². The molecule has 6 nitrogen and oxygen atoms in total. The van der Waals surface area contributed by atoms with Crippen molar-refractivity contribution >= 4 is 22.8 Å². The SMILES string of the molecule is Cc1ccccc1-c1cc(=O)[nH]c(Nc2nc(C)c3cccc(C)c3n2)n1. The van der Waals surface area contributed by atoms with Crippen molar-refractivity contribution in [2.45, 2.75) is 20.8 Å². The fourth-order valence-electron chi connectivity index (χ4n) is 3.13. The minimum Gasteiger partial charge on any atom is -0.294 e. The molecule has 0 bridgehead atoms. The van der Waals surface area contributed by atoms with Gasteiger partial charge in [0.1, 0.15) is 0 Å². The number of H-pyrrole nitrogens is 1. The van der Waals surface area contributed by atoms with E-state index in [4.69, 9.17) is 0 Å². The zero-order chi connectivity index (χ0) is 19.0. The van der Waals surface area contributed by atoms with Crippen molar-refractivity contribution < 1.29 is 0 Å². The van der Waals surface area contributed by atoms with Gasteiger partial charge in [0, 0.05) is 17.0 Å². The second-order valence-electron chi connectivity index (χ2n) is 6.52. The number of aromatic amines is 1. The van der Waals surface area contributed by atoms with Crippen molar-refractivity contribution in [1.29, 1.82) is 0 Å². The van der Waals surface area contributed by atoms with E-state index < -0.39 is 0 Å². The molecular formula is C21H19N5O. The average Bonchev–Trinajstić information content (AvgIpc) is 2.62. The Labute approximate surface area is 156 Å². The lowest BCUT2D eigenvalue weighted by Crippen LogP contribution is -2.12. The maximum Gasteiger partial charge on any atom is 0.252 e. The smallest absolute Gasteiger partial charge is 0.252 e. The second kappa shape index (κ2) is 6.64. The molecule has 0 aliphatic rings. The van der Waals surface area contributed by atoms with Crippen LogP contribution in [0.5, 0.6) is 0 Å². The van der Waals surface area contributed by atoms with Crippen molar-refractivity contribution in [1.82, 2.24) is 19.9 Å². The number of para-hydroxylation sites is 1. The Morgan fingerprint density at radius 1 is 0.889 bits per heavy atom. The average molecular weight is 357 g/mol. The Balaban J connectivity index is 1.78. The summed E-state index contributed by atoms with van der Waals surface area (Å²) in [5.41, 5.74) is 5.14. The van der Waals surface area contributed by atoms with Gasteiger partial charge in [-0.3, -0.25) is 15.1 Å². The number of hydrogen-bond donors (Lipinski definition) is 2. The van der Waals surface area contributed by atoms with Crippen LogP contribution < -0.4 is 10.9 Å². The van der Waals surface area contributed by atoms with Crippen LogP contribution in [0.15, 0.2) is 53.3 Å². The van der Waals surface area contributed by atoms with E-state index in [2.05, 4.69) is 25.3 Å². The highest BCUT2D eigenvalue weighted by Crippen LogP contribution is 2.23. The zero-order valence-corrected chi connectivity index (χ0v) is 15.4. The van der Waals surface area contributed by atoms with E-state index in [-0.39, 0.29) is 5.56 Å². The third-order valence-electron chi connectivity index (χ3n) is 4.51. The molecule has 2 heterocycles. The minimum atomic E-state index is -0.237. The summed E-state index contributed by atoms with van der Waals surface area (Å²) in [6, 6.07) is 15.3. The number of hydrogen-bond acceptors (Lipinski definition) is 5. The van der Waals surface area contributed by atoms with E-state index in [0.717, 1.165) is 33.3 Å². The first-order chi connectivity index (χ1) is 13.0. The fraction of sp³-hybridized carbons (Fsp3) is 0.143. The summed E-state index contributed by atoms with van der Waals surface area (Å²) in [5, 5.41) is 4.06. The molecule has 0 saturated carbocycles. The van der Waals surface area contributed by atoms with Gasteiger partial charge in [-0.05, 0) is 31.9 Å². The summed E-state index contributed by atoms with van der Waals surface area (Å²) >= 11 is 0. The number of aromatic nitrogens is 4.